The highest BCUT2D eigenvalue weighted by Gasteiger charge is 2.44. The van der Waals surface area contributed by atoms with Gasteiger partial charge in [-0.25, -0.2) is 18.6 Å². The van der Waals surface area contributed by atoms with Crippen LogP contribution in [0.1, 0.15) is 34.3 Å². The van der Waals surface area contributed by atoms with Crippen molar-refractivity contribution in [3.8, 4) is 5.75 Å². The fourth-order valence-corrected chi connectivity index (χ4v) is 4.58. The minimum Gasteiger partial charge on any atom is -0.403 e. The van der Waals surface area contributed by atoms with Crippen molar-refractivity contribution in [2.75, 3.05) is 18.4 Å². The van der Waals surface area contributed by atoms with Gasteiger partial charge in [0.05, 0.1) is 36.9 Å². The Bertz CT molecular complexity index is 1760. The number of halogens is 8. The van der Waals surface area contributed by atoms with Gasteiger partial charge in [-0.2, -0.15) is 18.3 Å². The Kier molecular flexibility index (Phi) is 9.57. The number of carbonyl (C=O) groups excluding carboxylic acids is 4. The average molecular weight is 679 g/mol. The molecule has 1 aromatic heterocycles. The molecule has 252 valence electrons. The van der Waals surface area contributed by atoms with Crippen LogP contribution in [0.2, 0.25) is 0 Å². The van der Waals surface area contributed by atoms with Crippen LogP contribution >= 0.6 is 0 Å². The lowest BCUT2D eigenvalue weighted by Gasteiger charge is -2.26. The molecule has 6 N–H and O–H groups in total. The van der Waals surface area contributed by atoms with Crippen LogP contribution in [0.5, 0.6) is 5.75 Å². The van der Waals surface area contributed by atoms with Gasteiger partial charge < -0.3 is 31.6 Å². The van der Waals surface area contributed by atoms with Crippen molar-refractivity contribution < 1.29 is 63.8 Å². The van der Waals surface area contributed by atoms with Gasteiger partial charge in [0.25, 0.3) is 0 Å². The molecule has 0 aliphatic carbocycles. The van der Waals surface area contributed by atoms with Gasteiger partial charge >= 0.3 is 24.5 Å². The second kappa shape index (κ2) is 13.1. The van der Waals surface area contributed by atoms with E-state index in [1.54, 1.807) is 0 Å². The van der Waals surface area contributed by atoms with E-state index in [0.717, 1.165) is 23.0 Å². The molecule has 47 heavy (non-hydrogen) atoms. The molecule has 2 aromatic carbocycles. The number of amides is 2. The van der Waals surface area contributed by atoms with Gasteiger partial charge in [-0.1, -0.05) is 6.07 Å². The van der Waals surface area contributed by atoms with Crippen LogP contribution < -0.4 is 26.8 Å². The number of esters is 2. The Morgan fingerprint density at radius 3 is 2.36 bits per heavy atom. The van der Waals surface area contributed by atoms with E-state index < -0.39 is 78.0 Å². The van der Waals surface area contributed by atoms with E-state index in [1.165, 1.54) is 6.07 Å². The molecule has 0 bridgehead atoms. The van der Waals surface area contributed by atoms with E-state index in [4.69, 9.17) is 11.5 Å². The fourth-order valence-electron chi connectivity index (χ4n) is 4.58. The standard InChI is InChI=1S/C26H21F8N7O6/c27-12-7-37-24(38-8-12)40-16-3-11(21(35)43)4-17-14(16)9-39-41(17)20(22(36)44)13(6-19(42)46-23(45)25(29,30)31)10-1-2-15(28)18(5-10)47-26(32,33)34/h1-5,9,12-13,20H,6-8H2,(H2,35,43)(H2,36,44)(H2,37,38,40)/t13-,20?/m0/s1. The molecule has 2 amide bonds. The quantitative estimate of drug-likeness (QED) is 0.150. The van der Waals surface area contributed by atoms with Crippen LogP contribution in [-0.4, -0.2) is 71.3 Å². The van der Waals surface area contributed by atoms with Crippen LogP contribution in [0.25, 0.3) is 10.9 Å². The van der Waals surface area contributed by atoms with Crippen molar-refractivity contribution in [3.63, 3.8) is 0 Å². The number of primary amides is 2. The first kappa shape index (κ1) is 34.4. The monoisotopic (exact) mass is 679 g/mol. The second-order valence-corrected chi connectivity index (χ2v) is 9.86. The molecule has 2 unspecified atom stereocenters. The minimum absolute atomic E-state index is 0.0551. The number of anilines is 1. The van der Waals surface area contributed by atoms with Crippen LogP contribution in [0.4, 0.5) is 40.8 Å². The van der Waals surface area contributed by atoms with Crippen LogP contribution in [0.3, 0.4) is 0 Å². The zero-order chi connectivity index (χ0) is 34.8. The normalized spacial score (nSPS) is 16.4. The zero-order valence-electron chi connectivity index (χ0n) is 23.3. The number of aliphatic imine (C=N–C) groups is 1. The van der Waals surface area contributed by atoms with Gasteiger partial charge in [0.1, 0.15) is 12.2 Å². The number of alkyl halides is 7. The Balaban J connectivity index is 1.88. The number of nitrogens with one attached hydrogen (secondary N) is 2. The maximum absolute atomic E-state index is 14.3. The fraction of sp³-hybridized carbons (Fsp3) is 0.308. The molecule has 0 radical (unpaired) electrons. The van der Waals surface area contributed by atoms with Crippen molar-refractivity contribution in [2.45, 2.75) is 37.1 Å². The third kappa shape index (κ3) is 8.21. The topological polar surface area (TPSA) is 193 Å². The SMILES string of the molecule is NC(=O)c1cc(NC2=NCC(F)CN2)c2cnn(C(C(N)=O)[C@@H](CC(=O)OC(=O)C(F)(F)F)c3ccc(F)c(OC(F)(F)F)c3)c2c1. The number of nitrogens with zero attached hydrogens (tertiary/aromatic N) is 3. The average Bonchev–Trinajstić information content (AvgIpc) is 3.37. The van der Waals surface area contributed by atoms with E-state index >= 15 is 0 Å². The van der Waals surface area contributed by atoms with Gasteiger partial charge in [0.15, 0.2) is 17.5 Å². The van der Waals surface area contributed by atoms with Crippen molar-refractivity contribution >= 4 is 46.3 Å². The first-order valence-electron chi connectivity index (χ1n) is 13.0. The summed E-state index contributed by atoms with van der Waals surface area (Å²) in [6.07, 6.45) is -12.6. The largest absolute Gasteiger partial charge is 0.573 e. The molecule has 4 rings (SSSR count). The van der Waals surface area contributed by atoms with E-state index in [9.17, 15) is 54.3 Å². The number of hydrogen-bond acceptors (Lipinski definition) is 10. The van der Waals surface area contributed by atoms with Crippen LogP contribution in [0.15, 0.2) is 41.5 Å². The highest BCUT2D eigenvalue weighted by atomic mass is 19.4. The minimum atomic E-state index is -5.63. The van der Waals surface area contributed by atoms with Crippen LogP contribution in [0, 0.1) is 5.82 Å². The van der Waals surface area contributed by atoms with E-state index in [1.807, 2.05) is 0 Å². The summed E-state index contributed by atoms with van der Waals surface area (Å²) < 4.78 is 113. The summed E-state index contributed by atoms with van der Waals surface area (Å²) in [6.45, 7) is -0.344. The highest BCUT2D eigenvalue weighted by molar-refractivity contribution is 6.07. The Morgan fingerprint density at radius 2 is 1.79 bits per heavy atom. The molecule has 1 aliphatic heterocycles. The molecular weight excluding hydrogens is 658 g/mol. The summed E-state index contributed by atoms with van der Waals surface area (Å²) in [6, 6.07) is 1.96. The number of aromatic nitrogens is 2. The smallest absolute Gasteiger partial charge is 0.403 e. The number of hydrogen-bond donors (Lipinski definition) is 4. The number of nitrogens with two attached hydrogens (primary N) is 2. The van der Waals surface area contributed by atoms with E-state index in [2.05, 4.69) is 30.2 Å². The Morgan fingerprint density at radius 1 is 1.09 bits per heavy atom. The van der Waals surface area contributed by atoms with Gasteiger partial charge in [0.2, 0.25) is 11.8 Å². The van der Waals surface area contributed by atoms with Gasteiger partial charge in [-0.05, 0) is 29.8 Å². The molecular formula is C26H21F8N7O6. The van der Waals surface area contributed by atoms with Crippen molar-refractivity contribution in [1.82, 2.24) is 15.1 Å². The summed E-state index contributed by atoms with van der Waals surface area (Å²) in [5.74, 6) is -12.1. The van der Waals surface area contributed by atoms with Crippen LogP contribution in [-0.2, 0) is 19.1 Å². The molecule has 0 spiro atoms. The summed E-state index contributed by atoms with van der Waals surface area (Å²) >= 11 is 0. The summed E-state index contributed by atoms with van der Waals surface area (Å²) in [5.41, 5.74) is 10.2. The number of carbonyl (C=O) groups is 4. The molecule has 2 heterocycles. The first-order chi connectivity index (χ1) is 21.8. The molecule has 13 nitrogen and oxygen atoms in total. The number of fused-ring (bicyclic) bond motifs is 1. The number of ether oxygens (including phenoxy) is 2. The Hall–Kier alpha value is -5.50. The number of benzene rings is 2. The van der Waals surface area contributed by atoms with Crippen molar-refractivity contribution in [3.05, 3.63) is 53.5 Å². The number of guanidine groups is 1. The molecule has 0 saturated heterocycles. The maximum Gasteiger partial charge on any atom is 0.573 e. The van der Waals surface area contributed by atoms with Crippen molar-refractivity contribution in [1.29, 1.82) is 0 Å². The molecule has 21 heteroatoms. The molecule has 0 saturated carbocycles. The molecule has 3 aromatic rings. The zero-order valence-corrected chi connectivity index (χ0v) is 23.3. The molecule has 1 aliphatic rings. The summed E-state index contributed by atoms with van der Waals surface area (Å²) in [5, 5.41) is 9.61. The number of rotatable bonds is 9. The molecule has 3 atom stereocenters. The third-order valence-corrected chi connectivity index (χ3v) is 6.56. The molecule has 0 fully saturated rings. The van der Waals surface area contributed by atoms with E-state index in [-0.39, 0.29) is 41.2 Å². The van der Waals surface area contributed by atoms with E-state index in [0.29, 0.717) is 12.1 Å². The van der Waals surface area contributed by atoms with Gasteiger partial charge in [0, 0.05) is 16.9 Å². The predicted octanol–water partition coefficient (Wildman–Crippen LogP) is 2.71. The lowest BCUT2D eigenvalue weighted by atomic mass is 9.87. The third-order valence-electron chi connectivity index (χ3n) is 6.56. The predicted molar refractivity (Wildman–Crippen MR) is 143 cm³/mol. The second-order valence-electron chi connectivity index (χ2n) is 9.86. The lowest BCUT2D eigenvalue weighted by molar-refractivity contribution is -0.275. The summed E-state index contributed by atoms with van der Waals surface area (Å²) in [7, 11) is 0. The van der Waals surface area contributed by atoms with Gasteiger partial charge in [-0.15, -0.1) is 13.2 Å². The maximum atomic E-state index is 14.3. The lowest BCUT2D eigenvalue weighted by Crippen LogP contribution is -2.41. The van der Waals surface area contributed by atoms with Crippen molar-refractivity contribution in [2.24, 2.45) is 16.5 Å². The first-order valence-corrected chi connectivity index (χ1v) is 13.0. The Labute approximate surface area is 256 Å². The highest BCUT2D eigenvalue weighted by Crippen LogP contribution is 2.39. The van der Waals surface area contributed by atoms with Gasteiger partial charge in [-0.3, -0.25) is 19.1 Å². The summed E-state index contributed by atoms with van der Waals surface area (Å²) in [4.78, 5) is 53.0.